The number of rotatable bonds is 4. The summed E-state index contributed by atoms with van der Waals surface area (Å²) in [6, 6.07) is 5.32. The van der Waals surface area contributed by atoms with Crippen LogP contribution in [-0.2, 0) is 0 Å². The third kappa shape index (κ3) is 4.00. The number of benzene rings is 2. The fraction of sp³-hybridized carbons (Fsp3) is 0. The molecule has 138 valence electrons. The van der Waals surface area contributed by atoms with Crippen LogP contribution in [0.25, 0.3) is 0 Å². The van der Waals surface area contributed by atoms with Crippen molar-refractivity contribution < 1.29 is 26.7 Å². The number of hydrogen-bond donors (Lipinski definition) is 2. The van der Waals surface area contributed by atoms with Crippen LogP contribution in [0.5, 0.6) is 0 Å². The average Bonchev–Trinajstić information content (AvgIpc) is 2.65. The number of anilines is 3. The van der Waals surface area contributed by atoms with E-state index in [-0.39, 0.29) is 17.2 Å². The van der Waals surface area contributed by atoms with Crippen molar-refractivity contribution in [2.45, 2.75) is 0 Å². The maximum absolute atomic E-state index is 13.7. The highest BCUT2D eigenvalue weighted by Crippen LogP contribution is 2.23. The lowest BCUT2D eigenvalue weighted by Gasteiger charge is -2.09. The number of amides is 1. The summed E-state index contributed by atoms with van der Waals surface area (Å²) in [6.45, 7) is 0. The molecule has 0 atom stereocenters. The van der Waals surface area contributed by atoms with Crippen LogP contribution in [0.15, 0.2) is 42.7 Å². The highest BCUT2D eigenvalue weighted by Gasteiger charge is 2.16. The molecule has 0 radical (unpaired) electrons. The first kappa shape index (κ1) is 18.2. The van der Waals surface area contributed by atoms with E-state index < -0.39 is 40.7 Å². The van der Waals surface area contributed by atoms with Gasteiger partial charge >= 0.3 is 0 Å². The van der Waals surface area contributed by atoms with Crippen LogP contribution in [0, 0.1) is 29.1 Å². The minimum absolute atomic E-state index is 0.0976. The van der Waals surface area contributed by atoms with Crippen LogP contribution in [0.2, 0.25) is 0 Å². The van der Waals surface area contributed by atoms with Crippen molar-refractivity contribution >= 4 is 23.1 Å². The first-order valence-electron chi connectivity index (χ1n) is 7.34. The predicted octanol–water partition coefficient (Wildman–Crippen LogP) is 4.17. The number of carbonyl (C=O) groups is 1. The van der Waals surface area contributed by atoms with E-state index in [4.69, 9.17) is 0 Å². The summed E-state index contributed by atoms with van der Waals surface area (Å²) in [6.07, 6.45) is 0.954. The number of nitrogens with one attached hydrogen (secondary N) is 2. The van der Waals surface area contributed by atoms with Crippen LogP contribution in [0.1, 0.15) is 10.5 Å². The zero-order chi connectivity index (χ0) is 19.6. The smallest absolute Gasteiger partial charge is 0.274 e. The molecule has 3 rings (SSSR count). The van der Waals surface area contributed by atoms with Gasteiger partial charge in [-0.15, -0.1) is 0 Å². The Balaban J connectivity index is 1.81. The minimum atomic E-state index is -1.67. The van der Waals surface area contributed by atoms with Gasteiger partial charge in [-0.3, -0.25) is 4.79 Å². The van der Waals surface area contributed by atoms with Crippen LogP contribution >= 0.6 is 0 Å². The SMILES string of the molecule is O=C(Nc1ccc(F)cc1F)c1cc(Nc2ccc(F)c(F)c2F)ncn1. The molecule has 10 heteroatoms. The van der Waals surface area contributed by atoms with Crippen molar-refractivity contribution in [2.75, 3.05) is 10.6 Å². The quantitative estimate of drug-likeness (QED) is 0.527. The molecule has 0 spiro atoms. The highest BCUT2D eigenvalue weighted by atomic mass is 19.2. The van der Waals surface area contributed by atoms with Gasteiger partial charge in [-0.25, -0.2) is 31.9 Å². The molecule has 1 amide bonds. The molecule has 0 aliphatic heterocycles. The standard InChI is InChI=1S/C17H9F5N4O/c18-8-1-3-11(10(20)5-8)26-17(27)13-6-14(24-7-23-13)25-12-4-2-9(19)15(21)16(12)22/h1-7H,(H,26,27)(H,23,24,25). The molecule has 0 fully saturated rings. The van der Waals surface area contributed by atoms with Crippen molar-refractivity contribution in [3.8, 4) is 0 Å². The van der Waals surface area contributed by atoms with Gasteiger partial charge in [0.25, 0.3) is 5.91 Å². The fourth-order valence-corrected chi connectivity index (χ4v) is 2.09. The molecule has 0 bridgehead atoms. The summed E-state index contributed by atoms with van der Waals surface area (Å²) >= 11 is 0. The Morgan fingerprint density at radius 2 is 1.56 bits per heavy atom. The van der Waals surface area contributed by atoms with Crippen LogP contribution in [0.3, 0.4) is 0 Å². The van der Waals surface area contributed by atoms with Gasteiger partial charge in [-0.05, 0) is 24.3 Å². The molecule has 2 aromatic carbocycles. The molecular formula is C17H9F5N4O. The van der Waals surface area contributed by atoms with Gasteiger partial charge in [0.1, 0.15) is 29.5 Å². The van der Waals surface area contributed by atoms with Gasteiger partial charge in [-0.1, -0.05) is 0 Å². The lowest BCUT2D eigenvalue weighted by atomic mass is 10.2. The Hall–Kier alpha value is -3.56. The number of aromatic nitrogens is 2. The molecule has 27 heavy (non-hydrogen) atoms. The van der Waals surface area contributed by atoms with Crippen molar-refractivity contribution in [3.05, 3.63) is 77.5 Å². The average molecular weight is 380 g/mol. The maximum atomic E-state index is 13.7. The van der Waals surface area contributed by atoms with Gasteiger partial charge in [0.15, 0.2) is 17.5 Å². The molecule has 0 aliphatic carbocycles. The lowest BCUT2D eigenvalue weighted by molar-refractivity contribution is 0.102. The summed E-state index contributed by atoms with van der Waals surface area (Å²) in [4.78, 5) is 19.6. The molecule has 0 saturated carbocycles. The summed E-state index contributed by atoms with van der Waals surface area (Å²) in [7, 11) is 0. The van der Waals surface area contributed by atoms with Gasteiger partial charge in [-0.2, -0.15) is 0 Å². The Bertz CT molecular complexity index is 1030. The molecule has 3 aromatic rings. The van der Waals surface area contributed by atoms with Gasteiger partial charge in [0.05, 0.1) is 11.4 Å². The lowest BCUT2D eigenvalue weighted by Crippen LogP contribution is -2.15. The highest BCUT2D eigenvalue weighted by molar-refractivity contribution is 6.03. The van der Waals surface area contributed by atoms with Crippen LogP contribution < -0.4 is 10.6 Å². The zero-order valence-electron chi connectivity index (χ0n) is 13.2. The number of nitrogens with zero attached hydrogens (tertiary/aromatic N) is 2. The summed E-state index contributed by atoms with van der Waals surface area (Å²) in [5.74, 6) is -7.24. The summed E-state index contributed by atoms with van der Waals surface area (Å²) in [5.41, 5.74) is -0.927. The Labute approximate surface area is 148 Å². The molecule has 0 aliphatic rings. The normalized spacial score (nSPS) is 10.6. The van der Waals surface area contributed by atoms with E-state index in [2.05, 4.69) is 20.6 Å². The second-order valence-electron chi connectivity index (χ2n) is 5.21. The number of halogens is 5. The van der Waals surface area contributed by atoms with E-state index in [0.717, 1.165) is 30.6 Å². The molecule has 0 saturated heterocycles. The first-order valence-corrected chi connectivity index (χ1v) is 7.34. The van der Waals surface area contributed by atoms with E-state index in [1.54, 1.807) is 0 Å². The number of carbonyl (C=O) groups excluding carboxylic acids is 1. The van der Waals surface area contributed by atoms with E-state index in [1.807, 2.05) is 0 Å². The van der Waals surface area contributed by atoms with Crippen molar-refractivity contribution in [1.82, 2.24) is 9.97 Å². The Kier molecular flexibility index (Phi) is 4.97. The summed E-state index contributed by atoms with van der Waals surface area (Å²) in [5, 5.41) is 4.57. The van der Waals surface area contributed by atoms with E-state index >= 15 is 0 Å². The van der Waals surface area contributed by atoms with Gasteiger partial charge < -0.3 is 10.6 Å². The Morgan fingerprint density at radius 3 is 2.30 bits per heavy atom. The molecule has 0 unspecified atom stereocenters. The van der Waals surface area contributed by atoms with E-state index in [0.29, 0.717) is 12.1 Å². The fourth-order valence-electron chi connectivity index (χ4n) is 2.09. The molecule has 1 heterocycles. The maximum Gasteiger partial charge on any atom is 0.274 e. The van der Waals surface area contributed by atoms with Crippen LogP contribution in [0.4, 0.5) is 39.1 Å². The molecular weight excluding hydrogens is 371 g/mol. The van der Waals surface area contributed by atoms with E-state index in [9.17, 15) is 26.7 Å². The third-order valence-corrected chi connectivity index (χ3v) is 3.38. The minimum Gasteiger partial charge on any atom is -0.338 e. The summed E-state index contributed by atoms with van der Waals surface area (Å²) < 4.78 is 66.4. The molecule has 1 aromatic heterocycles. The van der Waals surface area contributed by atoms with Gasteiger partial charge in [0, 0.05) is 12.1 Å². The first-order chi connectivity index (χ1) is 12.8. The van der Waals surface area contributed by atoms with Crippen molar-refractivity contribution in [1.29, 1.82) is 0 Å². The van der Waals surface area contributed by atoms with Crippen molar-refractivity contribution in [3.63, 3.8) is 0 Å². The largest absolute Gasteiger partial charge is 0.338 e. The second-order valence-corrected chi connectivity index (χ2v) is 5.21. The monoisotopic (exact) mass is 380 g/mol. The predicted molar refractivity (Wildman–Crippen MR) is 85.9 cm³/mol. The Morgan fingerprint density at radius 1 is 0.815 bits per heavy atom. The van der Waals surface area contributed by atoms with Crippen molar-refractivity contribution in [2.24, 2.45) is 0 Å². The second kappa shape index (κ2) is 7.36. The van der Waals surface area contributed by atoms with E-state index in [1.165, 1.54) is 0 Å². The topological polar surface area (TPSA) is 66.9 Å². The molecule has 2 N–H and O–H groups in total. The van der Waals surface area contributed by atoms with Gasteiger partial charge in [0.2, 0.25) is 0 Å². The molecule has 5 nitrogen and oxygen atoms in total. The van der Waals surface area contributed by atoms with Crippen LogP contribution in [-0.4, -0.2) is 15.9 Å². The third-order valence-electron chi connectivity index (χ3n) is 3.38. The number of hydrogen-bond acceptors (Lipinski definition) is 4. The zero-order valence-corrected chi connectivity index (χ0v) is 13.2.